The molecule has 0 unspecified atom stereocenters. The number of pyridine rings is 1. The van der Waals surface area contributed by atoms with Crippen LogP contribution < -0.4 is 15.2 Å². The Kier molecular flexibility index (Phi) is 5.88. The SMILES string of the molecule is Cc1ccc2c(c1)C1(c3ccccc3Oc3ccccc31)c1cc(C)ccc1N2c1ccc2c(C)cn(-c3ccccc3)c(=O)c2c1. The van der Waals surface area contributed by atoms with E-state index in [4.69, 9.17) is 4.74 Å². The molecule has 0 bridgehead atoms. The summed E-state index contributed by atoms with van der Waals surface area (Å²) in [4.78, 5) is 16.5. The predicted octanol–water partition coefficient (Wildman–Crippen LogP) is 10.2. The summed E-state index contributed by atoms with van der Waals surface area (Å²) in [6.07, 6.45) is 1.94. The number of ether oxygens (including phenoxy) is 1. The van der Waals surface area contributed by atoms with Crippen molar-refractivity contribution in [3.63, 3.8) is 0 Å². The number of benzene rings is 6. The van der Waals surface area contributed by atoms with Crippen LogP contribution in [-0.2, 0) is 5.41 Å². The minimum atomic E-state index is -0.613. The smallest absolute Gasteiger partial charge is 0.263 e. The summed E-state index contributed by atoms with van der Waals surface area (Å²) in [6, 6.07) is 46.6. The molecular weight excluding hydrogens is 576 g/mol. The Morgan fingerprint density at radius 2 is 1.11 bits per heavy atom. The lowest BCUT2D eigenvalue weighted by Gasteiger charge is -2.48. The van der Waals surface area contributed by atoms with Gasteiger partial charge in [0, 0.05) is 34.1 Å². The third kappa shape index (κ3) is 3.85. The molecule has 0 atom stereocenters. The van der Waals surface area contributed by atoms with E-state index < -0.39 is 5.41 Å². The molecule has 0 amide bonds. The predicted molar refractivity (Wildman–Crippen MR) is 190 cm³/mol. The van der Waals surface area contributed by atoms with Crippen molar-refractivity contribution in [2.24, 2.45) is 0 Å². The van der Waals surface area contributed by atoms with Gasteiger partial charge in [0.15, 0.2) is 0 Å². The van der Waals surface area contributed by atoms with Gasteiger partial charge in [-0.15, -0.1) is 0 Å². The Bertz CT molecular complexity index is 2360. The van der Waals surface area contributed by atoms with Gasteiger partial charge in [0.25, 0.3) is 5.56 Å². The summed E-state index contributed by atoms with van der Waals surface area (Å²) < 4.78 is 8.34. The summed E-state index contributed by atoms with van der Waals surface area (Å²) in [5, 5.41) is 1.65. The Labute approximate surface area is 273 Å². The number of anilines is 3. The maximum atomic E-state index is 14.1. The van der Waals surface area contributed by atoms with Crippen LogP contribution in [0.5, 0.6) is 11.5 Å². The Morgan fingerprint density at radius 3 is 1.72 bits per heavy atom. The fourth-order valence-electron chi connectivity index (χ4n) is 7.84. The molecule has 1 spiro atoms. The van der Waals surface area contributed by atoms with Crippen molar-refractivity contribution in [3.8, 4) is 17.2 Å². The second-order valence-corrected chi connectivity index (χ2v) is 12.8. The Hall–Kier alpha value is -5.87. The van der Waals surface area contributed by atoms with Gasteiger partial charge < -0.3 is 9.64 Å². The van der Waals surface area contributed by atoms with Crippen molar-refractivity contribution in [1.29, 1.82) is 0 Å². The summed E-state index contributed by atoms with van der Waals surface area (Å²) in [5.41, 5.74) is 11.3. The average Bonchev–Trinajstić information content (AvgIpc) is 3.10. The first-order valence-electron chi connectivity index (χ1n) is 16.1. The van der Waals surface area contributed by atoms with Crippen LogP contribution >= 0.6 is 0 Å². The summed E-state index contributed by atoms with van der Waals surface area (Å²) in [5.74, 6) is 1.73. The van der Waals surface area contributed by atoms with E-state index in [1.165, 1.54) is 22.3 Å². The van der Waals surface area contributed by atoms with E-state index in [9.17, 15) is 4.79 Å². The van der Waals surface area contributed by atoms with Gasteiger partial charge in [0.2, 0.25) is 0 Å². The normalized spacial score (nSPS) is 13.8. The third-order valence-corrected chi connectivity index (χ3v) is 9.89. The van der Waals surface area contributed by atoms with Crippen molar-refractivity contribution in [2.45, 2.75) is 26.2 Å². The topological polar surface area (TPSA) is 34.5 Å². The highest BCUT2D eigenvalue weighted by Crippen LogP contribution is 2.62. The van der Waals surface area contributed by atoms with Gasteiger partial charge >= 0.3 is 0 Å². The second kappa shape index (κ2) is 10.1. The highest BCUT2D eigenvalue weighted by atomic mass is 16.5. The molecule has 2 aliphatic rings. The molecule has 0 saturated carbocycles. The number of hydrogen-bond acceptors (Lipinski definition) is 3. The average molecular weight is 609 g/mol. The van der Waals surface area contributed by atoms with Crippen LogP contribution in [0, 0.1) is 20.8 Å². The minimum absolute atomic E-state index is 0.0346. The van der Waals surface area contributed by atoms with Crippen LogP contribution in [-0.4, -0.2) is 4.57 Å². The van der Waals surface area contributed by atoms with Crippen LogP contribution in [0.4, 0.5) is 17.1 Å². The zero-order valence-corrected chi connectivity index (χ0v) is 26.5. The number of aromatic nitrogens is 1. The summed E-state index contributed by atoms with van der Waals surface area (Å²) in [7, 11) is 0. The van der Waals surface area contributed by atoms with E-state index in [-0.39, 0.29) is 5.56 Å². The van der Waals surface area contributed by atoms with Gasteiger partial charge in [-0.25, -0.2) is 0 Å². The van der Waals surface area contributed by atoms with Crippen molar-refractivity contribution < 1.29 is 4.74 Å². The standard InChI is InChI=1S/C43H32N2O2/c1-27-17-21-38-36(23-27)43(34-13-7-9-15-40(34)47-41-16-10-8-14-35(41)43)37-24-28(2)18-22-39(37)45(38)31-19-20-32-29(3)26-44(42(46)33(32)25-31)30-11-5-4-6-12-30/h4-26H,1-3H3. The maximum Gasteiger partial charge on any atom is 0.263 e. The number of hydrogen-bond donors (Lipinski definition) is 0. The van der Waals surface area contributed by atoms with Crippen LogP contribution in [0.15, 0.2) is 144 Å². The molecule has 0 radical (unpaired) electrons. The molecule has 226 valence electrons. The molecule has 0 fully saturated rings. The molecule has 47 heavy (non-hydrogen) atoms. The number of para-hydroxylation sites is 3. The van der Waals surface area contributed by atoms with Crippen LogP contribution in [0.25, 0.3) is 16.5 Å². The largest absolute Gasteiger partial charge is 0.457 e. The lowest BCUT2D eigenvalue weighted by Crippen LogP contribution is -2.40. The molecule has 1 aromatic heterocycles. The highest BCUT2D eigenvalue weighted by molar-refractivity contribution is 5.95. The van der Waals surface area contributed by atoms with E-state index >= 15 is 0 Å². The van der Waals surface area contributed by atoms with Crippen LogP contribution in [0.1, 0.15) is 38.9 Å². The monoisotopic (exact) mass is 608 g/mol. The summed E-state index contributed by atoms with van der Waals surface area (Å²) >= 11 is 0. The van der Waals surface area contributed by atoms with Gasteiger partial charge in [-0.1, -0.05) is 96.1 Å². The van der Waals surface area contributed by atoms with Gasteiger partial charge in [0.05, 0.1) is 16.8 Å². The molecule has 3 heterocycles. The van der Waals surface area contributed by atoms with Gasteiger partial charge in [-0.05, 0) is 91.4 Å². The third-order valence-electron chi connectivity index (χ3n) is 9.89. The van der Waals surface area contributed by atoms with Crippen molar-refractivity contribution >= 4 is 27.8 Å². The molecular formula is C43H32N2O2. The van der Waals surface area contributed by atoms with Crippen LogP contribution in [0.3, 0.4) is 0 Å². The minimum Gasteiger partial charge on any atom is -0.457 e. The van der Waals surface area contributed by atoms with Crippen molar-refractivity contribution in [2.75, 3.05) is 4.90 Å². The Balaban J connectivity index is 1.37. The first kappa shape index (κ1) is 27.4. The van der Waals surface area contributed by atoms with E-state index in [1.54, 1.807) is 4.57 Å². The van der Waals surface area contributed by atoms with Crippen LogP contribution in [0.2, 0.25) is 0 Å². The van der Waals surface area contributed by atoms with Gasteiger partial charge in [-0.3, -0.25) is 9.36 Å². The molecule has 4 heteroatoms. The Morgan fingerprint density at radius 1 is 0.532 bits per heavy atom. The fraction of sp³-hybridized carbons (Fsp3) is 0.0930. The fourth-order valence-corrected chi connectivity index (χ4v) is 7.84. The van der Waals surface area contributed by atoms with Gasteiger partial charge in [-0.2, -0.15) is 0 Å². The molecule has 2 aliphatic heterocycles. The lowest BCUT2D eigenvalue weighted by molar-refractivity contribution is 0.434. The molecule has 4 nitrogen and oxygen atoms in total. The lowest BCUT2D eigenvalue weighted by atomic mass is 9.61. The first-order chi connectivity index (χ1) is 22.9. The first-order valence-corrected chi connectivity index (χ1v) is 16.1. The van der Waals surface area contributed by atoms with E-state index in [1.807, 2.05) is 48.7 Å². The second-order valence-electron chi connectivity index (χ2n) is 12.8. The zero-order valence-electron chi connectivity index (χ0n) is 26.5. The molecule has 0 N–H and O–H groups in total. The number of aryl methyl sites for hydroxylation is 3. The number of rotatable bonds is 2. The summed E-state index contributed by atoms with van der Waals surface area (Å²) in [6.45, 7) is 6.39. The molecule has 0 saturated heterocycles. The van der Waals surface area contributed by atoms with Gasteiger partial charge in [0.1, 0.15) is 11.5 Å². The molecule has 6 aromatic carbocycles. The molecule has 9 rings (SSSR count). The highest BCUT2D eigenvalue weighted by Gasteiger charge is 2.51. The number of fused-ring (bicyclic) bond motifs is 9. The van der Waals surface area contributed by atoms with Crippen molar-refractivity contribution in [3.05, 3.63) is 189 Å². The molecule has 7 aromatic rings. The van der Waals surface area contributed by atoms with E-state index in [0.29, 0.717) is 5.39 Å². The zero-order chi connectivity index (χ0) is 31.9. The quantitative estimate of drug-likeness (QED) is 0.196. The maximum absolute atomic E-state index is 14.1. The van der Waals surface area contributed by atoms with E-state index in [0.717, 1.165) is 56.3 Å². The van der Waals surface area contributed by atoms with Crippen molar-refractivity contribution in [1.82, 2.24) is 4.57 Å². The molecule has 0 aliphatic carbocycles. The number of nitrogens with zero attached hydrogens (tertiary/aromatic N) is 2. The van der Waals surface area contributed by atoms with E-state index in [2.05, 4.69) is 117 Å².